The molecule has 0 radical (unpaired) electrons. The van der Waals surface area contributed by atoms with Crippen LogP contribution in [-0.2, 0) is 0 Å². The Labute approximate surface area is 115 Å². The molecule has 2 rings (SSSR count). The Kier molecular flexibility index (Phi) is 4.81. The van der Waals surface area contributed by atoms with E-state index in [0.29, 0.717) is 11.3 Å². The van der Waals surface area contributed by atoms with Gasteiger partial charge in [-0.1, -0.05) is 25.8 Å². The van der Waals surface area contributed by atoms with Crippen LogP contribution in [0.5, 0.6) is 0 Å². The minimum absolute atomic E-state index is 0.215. The van der Waals surface area contributed by atoms with Gasteiger partial charge < -0.3 is 10.0 Å². The first-order chi connectivity index (χ1) is 9.11. The van der Waals surface area contributed by atoms with Gasteiger partial charge in [0.05, 0.1) is 11.8 Å². The van der Waals surface area contributed by atoms with Crippen molar-refractivity contribution in [2.24, 2.45) is 5.92 Å². The van der Waals surface area contributed by atoms with E-state index in [1.165, 1.54) is 18.9 Å². The highest BCUT2D eigenvalue weighted by atomic mass is 19.1. The van der Waals surface area contributed by atoms with Crippen LogP contribution in [0, 0.1) is 11.7 Å². The maximum absolute atomic E-state index is 14.1. The molecule has 1 aliphatic heterocycles. The molecule has 1 heterocycles. The molecule has 2 nitrogen and oxygen atoms in total. The van der Waals surface area contributed by atoms with Gasteiger partial charge in [0.2, 0.25) is 0 Å². The van der Waals surface area contributed by atoms with Crippen LogP contribution in [-0.4, -0.2) is 18.2 Å². The van der Waals surface area contributed by atoms with Gasteiger partial charge >= 0.3 is 0 Å². The molecule has 1 fully saturated rings. The second-order valence-corrected chi connectivity index (χ2v) is 5.61. The molecule has 1 aromatic carbocycles. The fraction of sp³-hybridized carbons (Fsp3) is 0.625. The molecule has 0 amide bonds. The quantitative estimate of drug-likeness (QED) is 0.892. The predicted octanol–water partition coefficient (Wildman–Crippen LogP) is 3.90. The molecule has 0 bridgehead atoms. The lowest BCUT2D eigenvalue weighted by Crippen LogP contribution is -2.34. The van der Waals surface area contributed by atoms with Crippen LogP contribution in [0.25, 0.3) is 0 Å². The zero-order valence-corrected chi connectivity index (χ0v) is 11.9. The van der Waals surface area contributed by atoms with Crippen molar-refractivity contribution in [3.8, 4) is 0 Å². The summed E-state index contributed by atoms with van der Waals surface area (Å²) in [6.45, 7) is 5.76. The molecule has 0 spiro atoms. The summed E-state index contributed by atoms with van der Waals surface area (Å²) in [5, 5.41) is 9.46. The van der Waals surface area contributed by atoms with Crippen molar-refractivity contribution in [2.45, 2.75) is 45.6 Å². The number of hydrogen-bond acceptors (Lipinski definition) is 2. The van der Waals surface area contributed by atoms with E-state index in [-0.39, 0.29) is 5.82 Å². The third kappa shape index (κ3) is 3.47. The van der Waals surface area contributed by atoms with Crippen LogP contribution < -0.4 is 4.90 Å². The zero-order chi connectivity index (χ0) is 13.8. The number of hydrogen-bond donors (Lipinski definition) is 1. The number of benzene rings is 1. The van der Waals surface area contributed by atoms with Crippen molar-refractivity contribution >= 4 is 5.69 Å². The minimum atomic E-state index is -0.612. The highest BCUT2D eigenvalue weighted by Crippen LogP contribution is 2.29. The van der Waals surface area contributed by atoms with Gasteiger partial charge in [-0.25, -0.2) is 4.39 Å². The Hall–Kier alpha value is -1.09. The topological polar surface area (TPSA) is 23.5 Å². The Bertz CT molecular complexity index is 411. The van der Waals surface area contributed by atoms with Crippen molar-refractivity contribution in [3.63, 3.8) is 0 Å². The molecule has 106 valence electrons. The van der Waals surface area contributed by atoms with Gasteiger partial charge in [0.25, 0.3) is 0 Å². The van der Waals surface area contributed by atoms with E-state index >= 15 is 0 Å². The summed E-state index contributed by atoms with van der Waals surface area (Å²) in [4.78, 5) is 2.13. The zero-order valence-electron chi connectivity index (χ0n) is 11.9. The molecular formula is C16H24FNO. The van der Waals surface area contributed by atoms with Crippen LogP contribution in [0.2, 0.25) is 0 Å². The van der Waals surface area contributed by atoms with Crippen molar-refractivity contribution < 1.29 is 9.50 Å². The summed E-state index contributed by atoms with van der Waals surface area (Å²) in [6.07, 6.45) is 4.23. The van der Waals surface area contributed by atoms with E-state index < -0.39 is 6.10 Å². The van der Waals surface area contributed by atoms with Gasteiger partial charge in [-0.2, -0.15) is 0 Å². The van der Waals surface area contributed by atoms with Crippen molar-refractivity contribution in [1.82, 2.24) is 0 Å². The smallest absolute Gasteiger partial charge is 0.146 e. The maximum atomic E-state index is 14.1. The monoisotopic (exact) mass is 265 g/mol. The molecule has 1 atom stereocenters. The van der Waals surface area contributed by atoms with E-state index in [0.717, 1.165) is 31.8 Å². The molecule has 1 aromatic rings. The molecule has 1 aliphatic rings. The van der Waals surface area contributed by atoms with Crippen LogP contribution in [0.3, 0.4) is 0 Å². The lowest BCUT2D eigenvalue weighted by atomic mass is 9.92. The fourth-order valence-corrected chi connectivity index (χ4v) is 2.91. The summed E-state index contributed by atoms with van der Waals surface area (Å²) in [5.74, 6) is 0.591. The predicted molar refractivity (Wildman–Crippen MR) is 76.9 cm³/mol. The van der Waals surface area contributed by atoms with E-state index in [4.69, 9.17) is 0 Å². The first-order valence-corrected chi connectivity index (χ1v) is 7.34. The number of halogens is 1. The largest absolute Gasteiger partial charge is 0.389 e. The van der Waals surface area contributed by atoms with Crippen LogP contribution in [0.1, 0.15) is 51.2 Å². The van der Waals surface area contributed by atoms with Gasteiger partial charge in [0, 0.05) is 13.1 Å². The molecule has 1 N–H and O–H groups in total. The molecule has 3 heteroatoms. The fourth-order valence-electron chi connectivity index (χ4n) is 2.91. The molecule has 0 aromatic heterocycles. The highest BCUT2D eigenvalue weighted by molar-refractivity contribution is 5.49. The summed E-state index contributed by atoms with van der Waals surface area (Å²) >= 11 is 0. The minimum Gasteiger partial charge on any atom is -0.389 e. The van der Waals surface area contributed by atoms with Gasteiger partial charge in [0.1, 0.15) is 5.82 Å². The van der Waals surface area contributed by atoms with Crippen LogP contribution >= 0.6 is 0 Å². The Morgan fingerprint density at radius 3 is 2.58 bits per heavy atom. The average molecular weight is 265 g/mol. The average Bonchev–Trinajstić information content (AvgIpc) is 2.40. The van der Waals surface area contributed by atoms with Gasteiger partial charge in [-0.3, -0.25) is 0 Å². The summed E-state index contributed by atoms with van der Waals surface area (Å²) in [6, 6.07) is 5.08. The van der Waals surface area contributed by atoms with Crippen LogP contribution in [0.4, 0.5) is 10.1 Å². The van der Waals surface area contributed by atoms with E-state index in [2.05, 4.69) is 11.8 Å². The van der Waals surface area contributed by atoms with E-state index in [9.17, 15) is 9.50 Å². The summed E-state index contributed by atoms with van der Waals surface area (Å²) in [5.41, 5.74) is 1.32. The van der Waals surface area contributed by atoms with Gasteiger partial charge in [0.15, 0.2) is 0 Å². The SMILES string of the molecule is CCCC1CCN(c2ccc(C(C)O)cc2F)CC1. The standard InChI is InChI=1S/C16H24FNO/c1-3-4-13-7-9-18(10-8-13)16-6-5-14(12(2)19)11-15(16)17/h5-6,11-13,19H,3-4,7-10H2,1-2H3. The lowest BCUT2D eigenvalue weighted by Gasteiger charge is -2.33. The first kappa shape index (κ1) is 14.3. The van der Waals surface area contributed by atoms with Crippen molar-refractivity contribution in [2.75, 3.05) is 18.0 Å². The lowest BCUT2D eigenvalue weighted by molar-refractivity contribution is 0.199. The van der Waals surface area contributed by atoms with Crippen molar-refractivity contribution in [1.29, 1.82) is 0 Å². The Morgan fingerprint density at radius 2 is 2.05 bits per heavy atom. The molecular weight excluding hydrogens is 241 g/mol. The summed E-state index contributed by atoms with van der Waals surface area (Å²) in [7, 11) is 0. The molecule has 0 saturated carbocycles. The number of rotatable bonds is 4. The molecule has 1 saturated heterocycles. The van der Waals surface area contributed by atoms with E-state index in [1.54, 1.807) is 13.0 Å². The molecule has 1 unspecified atom stereocenters. The number of aliphatic hydroxyl groups is 1. The van der Waals surface area contributed by atoms with E-state index in [1.807, 2.05) is 6.07 Å². The van der Waals surface area contributed by atoms with Crippen LogP contribution in [0.15, 0.2) is 18.2 Å². The third-order valence-corrected chi connectivity index (χ3v) is 4.11. The maximum Gasteiger partial charge on any atom is 0.146 e. The molecule has 19 heavy (non-hydrogen) atoms. The van der Waals surface area contributed by atoms with Gasteiger partial charge in [-0.15, -0.1) is 0 Å². The Balaban J connectivity index is 2.03. The second kappa shape index (κ2) is 6.38. The second-order valence-electron chi connectivity index (χ2n) is 5.61. The number of nitrogens with zero attached hydrogens (tertiary/aromatic N) is 1. The normalized spacial score (nSPS) is 18.6. The number of aliphatic hydroxyl groups excluding tert-OH is 1. The number of piperidine rings is 1. The van der Waals surface area contributed by atoms with Crippen molar-refractivity contribution in [3.05, 3.63) is 29.6 Å². The molecule has 0 aliphatic carbocycles. The number of anilines is 1. The Morgan fingerprint density at radius 1 is 1.37 bits per heavy atom. The summed E-state index contributed by atoms with van der Waals surface area (Å²) < 4.78 is 14.1. The first-order valence-electron chi connectivity index (χ1n) is 7.34. The third-order valence-electron chi connectivity index (χ3n) is 4.11. The highest BCUT2D eigenvalue weighted by Gasteiger charge is 2.21. The van der Waals surface area contributed by atoms with Gasteiger partial charge in [-0.05, 0) is 43.4 Å².